The van der Waals surface area contributed by atoms with E-state index >= 15 is 0 Å². The van der Waals surface area contributed by atoms with E-state index in [4.69, 9.17) is 0 Å². The molecule has 0 saturated heterocycles. The van der Waals surface area contributed by atoms with E-state index in [-0.39, 0.29) is 12.1 Å². The first-order valence-corrected chi connectivity index (χ1v) is 7.09. The van der Waals surface area contributed by atoms with Crippen molar-refractivity contribution in [3.8, 4) is 6.07 Å². The van der Waals surface area contributed by atoms with Crippen molar-refractivity contribution in [2.45, 2.75) is 31.2 Å². The van der Waals surface area contributed by atoms with E-state index in [2.05, 4.69) is 11.4 Å². The lowest BCUT2D eigenvalue weighted by atomic mass is 9.96. The Labute approximate surface area is 118 Å². The third-order valence-electron chi connectivity index (χ3n) is 4.31. The summed E-state index contributed by atoms with van der Waals surface area (Å²) in [5.74, 6) is 0. The first kappa shape index (κ1) is 13.0. The smallest absolute Gasteiger partial charge is 0.0998 e. The number of anilines is 1. The fourth-order valence-corrected chi connectivity index (χ4v) is 3.17. The minimum absolute atomic E-state index is 0.154. The zero-order valence-electron chi connectivity index (χ0n) is 11.4. The van der Waals surface area contributed by atoms with Gasteiger partial charge in [0.25, 0.3) is 0 Å². The number of fused-ring (bicyclic) bond motifs is 1. The number of nitriles is 1. The van der Waals surface area contributed by atoms with Crippen LogP contribution in [-0.2, 0) is 0 Å². The highest BCUT2D eigenvalue weighted by molar-refractivity contribution is 5.97. The van der Waals surface area contributed by atoms with Gasteiger partial charge in [-0.25, -0.2) is 0 Å². The molecule has 1 aliphatic rings. The maximum atomic E-state index is 9.74. The molecule has 0 atom stereocenters. The Kier molecular flexibility index (Phi) is 3.33. The zero-order valence-corrected chi connectivity index (χ0v) is 11.4. The van der Waals surface area contributed by atoms with E-state index in [9.17, 15) is 10.4 Å². The highest BCUT2D eigenvalue weighted by atomic mass is 16.3. The lowest BCUT2D eigenvalue weighted by molar-refractivity contribution is 0.214. The number of hydrogen-bond donors (Lipinski definition) is 2. The molecule has 3 rings (SSSR count). The Morgan fingerprint density at radius 1 is 1.10 bits per heavy atom. The Bertz CT molecular complexity index is 666. The molecule has 20 heavy (non-hydrogen) atoms. The Morgan fingerprint density at radius 2 is 1.80 bits per heavy atom. The van der Waals surface area contributed by atoms with E-state index in [1.807, 2.05) is 36.4 Å². The van der Waals surface area contributed by atoms with E-state index in [1.165, 1.54) is 0 Å². The average Bonchev–Trinajstić information content (AvgIpc) is 2.97. The molecule has 0 aliphatic heterocycles. The molecule has 0 bridgehead atoms. The first-order valence-electron chi connectivity index (χ1n) is 7.09. The molecule has 1 aliphatic carbocycles. The predicted molar refractivity (Wildman–Crippen MR) is 80.6 cm³/mol. The molecule has 1 fully saturated rings. The van der Waals surface area contributed by atoms with Gasteiger partial charge in [0.05, 0.1) is 23.8 Å². The molecule has 3 heteroatoms. The maximum Gasteiger partial charge on any atom is 0.0998 e. The van der Waals surface area contributed by atoms with Crippen LogP contribution < -0.4 is 5.32 Å². The molecule has 1 saturated carbocycles. The van der Waals surface area contributed by atoms with Crippen molar-refractivity contribution in [2.24, 2.45) is 0 Å². The maximum absolute atomic E-state index is 9.74. The number of nitrogens with one attached hydrogen (secondary N) is 1. The molecular formula is C17H18N2O. The molecule has 0 radical (unpaired) electrons. The van der Waals surface area contributed by atoms with Crippen LogP contribution in [0.5, 0.6) is 0 Å². The lowest BCUT2D eigenvalue weighted by Gasteiger charge is -2.30. The van der Waals surface area contributed by atoms with Crippen LogP contribution in [0, 0.1) is 11.3 Å². The van der Waals surface area contributed by atoms with Crippen molar-refractivity contribution < 1.29 is 5.11 Å². The summed E-state index contributed by atoms with van der Waals surface area (Å²) in [4.78, 5) is 0. The number of benzene rings is 2. The highest BCUT2D eigenvalue weighted by Crippen LogP contribution is 2.35. The van der Waals surface area contributed by atoms with Gasteiger partial charge in [0.2, 0.25) is 0 Å². The monoisotopic (exact) mass is 266 g/mol. The molecule has 0 heterocycles. The predicted octanol–water partition coefficient (Wildman–Crippen LogP) is 3.43. The summed E-state index contributed by atoms with van der Waals surface area (Å²) in [5.41, 5.74) is 1.50. The largest absolute Gasteiger partial charge is 0.394 e. The van der Waals surface area contributed by atoms with Gasteiger partial charge >= 0.3 is 0 Å². The summed E-state index contributed by atoms with van der Waals surface area (Å²) < 4.78 is 0. The van der Waals surface area contributed by atoms with Crippen LogP contribution in [-0.4, -0.2) is 17.3 Å². The second-order valence-electron chi connectivity index (χ2n) is 5.59. The molecule has 3 nitrogen and oxygen atoms in total. The van der Waals surface area contributed by atoms with E-state index in [0.717, 1.165) is 42.1 Å². The van der Waals surface area contributed by atoms with E-state index in [0.29, 0.717) is 5.56 Å². The van der Waals surface area contributed by atoms with Crippen LogP contribution in [0.3, 0.4) is 0 Å². The standard InChI is InChI=1S/C17H18N2O/c18-11-13-7-8-16(15-6-2-1-5-14(13)15)19-17(12-20)9-3-4-10-17/h1-2,5-8,19-20H,3-4,9-10,12H2. The summed E-state index contributed by atoms with van der Waals surface area (Å²) in [6.07, 6.45) is 4.30. The van der Waals surface area contributed by atoms with Crippen molar-refractivity contribution in [3.05, 3.63) is 42.0 Å². The summed E-state index contributed by atoms with van der Waals surface area (Å²) in [7, 11) is 0. The second kappa shape index (κ2) is 5.15. The van der Waals surface area contributed by atoms with Crippen LogP contribution >= 0.6 is 0 Å². The molecule has 0 unspecified atom stereocenters. The fourth-order valence-electron chi connectivity index (χ4n) is 3.17. The third kappa shape index (κ3) is 2.13. The molecule has 2 aromatic carbocycles. The van der Waals surface area contributed by atoms with Crippen LogP contribution in [0.2, 0.25) is 0 Å². The second-order valence-corrected chi connectivity index (χ2v) is 5.59. The molecule has 0 spiro atoms. The van der Waals surface area contributed by atoms with Crippen LogP contribution in [0.4, 0.5) is 5.69 Å². The van der Waals surface area contributed by atoms with E-state index in [1.54, 1.807) is 0 Å². The van der Waals surface area contributed by atoms with Crippen molar-refractivity contribution in [1.29, 1.82) is 5.26 Å². The van der Waals surface area contributed by atoms with Gasteiger partial charge in [-0.2, -0.15) is 5.26 Å². The molecule has 102 valence electrons. The summed E-state index contributed by atoms with van der Waals surface area (Å²) >= 11 is 0. The van der Waals surface area contributed by atoms with Gasteiger partial charge in [0.15, 0.2) is 0 Å². The summed E-state index contributed by atoms with van der Waals surface area (Å²) in [5, 5.41) is 24.5. The number of rotatable bonds is 3. The minimum Gasteiger partial charge on any atom is -0.394 e. The molecule has 2 aromatic rings. The average molecular weight is 266 g/mol. The van der Waals surface area contributed by atoms with Gasteiger partial charge in [-0.05, 0) is 25.0 Å². The Morgan fingerprint density at radius 3 is 2.45 bits per heavy atom. The number of aliphatic hydroxyl groups excluding tert-OH is 1. The zero-order chi connectivity index (χ0) is 14.0. The van der Waals surface area contributed by atoms with Gasteiger partial charge in [-0.1, -0.05) is 37.1 Å². The van der Waals surface area contributed by atoms with Gasteiger partial charge in [0.1, 0.15) is 0 Å². The van der Waals surface area contributed by atoms with Crippen molar-refractivity contribution in [3.63, 3.8) is 0 Å². The number of aliphatic hydroxyl groups is 1. The minimum atomic E-state index is -0.197. The molecule has 2 N–H and O–H groups in total. The van der Waals surface area contributed by atoms with Crippen molar-refractivity contribution in [2.75, 3.05) is 11.9 Å². The van der Waals surface area contributed by atoms with Gasteiger partial charge in [-0.15, -0.1) is 0 Å². The third-order valence-corrected chi connectivity index (χ3v) is 4.31. The van der Waals surface area contributed by atoms with Crippen LogP contribution in [0.25, 0.3) is 10.8 Å². The molecular weight excluding hydrogens is 248 g/mol. The quantitative estimate of drug-likeness (QED) is 0.895. The Balaban J connectivity index is 2.07. The van der Waals surface area contributed by atoms with Gasteiger partial charge in [0, 0.05) is 16.5 Å². The summed E-state index contributed by atoms with van der Waals surface area (Å²) in [6.45, 7) is 0.154. The number of nitrogens with zero attached hydrogens (tertiary/aromatic N) is 1. The Hall–Kier alpha value is -2.05. The van der Waals surface area contributed by atoms with Crippen LogP contribution in [0.15, 0.2) is 36.4 Å². The number of hydrogen-bond acceptors (Lipinski definition) is 3. The summed E-state index contributed by atoms with van der Waals surface area (Å²) in [6, 6.07) is 14.0. The van der Waals surface area contributed by atoms with E-state index < -0.39 is 0 Å². The first-order chi connectivity index (χ1) is 9.78. The van der Waals surface area contributed by atoms with Crippen molar-refractivity contribution >= 4 is 16.5 Å². The van der Waals surface area contributed by atoms with Gasteiger partial charge in [-0.3, -0.25) is 0 Å². The van der Waals surface area contributed by atoms with Crippen molar-refractivity contribution in [1.82, 2.24) is 0 Å². The topological polar surface area (TPSA) is 56.0 Å². The van der Waals surface area contributed by atoms with Crippen LogP contribution in [0.1, 0.15) is 31.2 Å². The molecule has 0 amide bonds. The highest BCUT2D eigenvalue weighted by Gasteiger charge is 2.33. The lowest BCUT2D eigenvalue weighted by Crippen LogP contribution is -2.39. The fraction of sp³-hybridized carbons (Fsp3) is 0.353. The SMILES string of the molecule is N#Cc1ccc(NC2(CO)CCCC2)c2ccccc12. The molecule has 0 aromatic heterocycles. The normalized spacial score (nSPS) is 17.0. The van der Waals surface area contributed by atoms with Gasteiger partial charge < -0.3 is 10.4 Å².